The number of nitrogens with one attached hydrogen (secondary N) is 2. The number of fused-ring (bicyclic) bond motifs is 1. The van der Waals surface area contributed by atoms with Crippen LogP contribution in [0.4, 0.5) is 0 Å². The second-order valence-corrected chi connectivity index (χ2v) is 4.71. The van der Waals surface area contributed by atoms with Gasteiger partial charge in [-0.3, -0.25) is 9.59 Å². The smallest absolute Gasteiger partial charge is 0.252 e. The van der Waals surface area contributed by atoms with Crippen molar-refractivity contribution in [1.29, 1.82) is 0 Å². The maximum Gasteiger partial charge on any atom is 0.252 e. The van der Waals surface area contributed by atoms with Crippen LogP contribution in [0.2, 0.25) is 5.15 Å². The molecule has 1 unspecified atom stereocenters. The van der Waals surface area contributed by atoms with Crippen molar-refractivity contribution in [2.45, 2.75) is 13.0 Å². The molecule has 0 aliphatic carbocycles. The number of aromatic nitrogens is 1. The fourth-order valence-corrected chi connectivity index (χ4v) is 2.09. The van der Waals surface area contributed by atoms with Crippen molar-refractivity contribution in [3.63, 3.8) is 0 Å². The molecule has 0 bridgehead atoms. The molecule has 1 atom stereocenters. The van der Waals surface area contributed by atoms with E-state index in [0.717, 1.165) is 0 Å². The van der Waals surface area contributed by atoms with Gasteiger partial charge in [-0.05, 0) is 19.1 Å². The minimum atomic E-state index is -0.627. The molecule has 1 heterocycles. The number of halogens is 1. The summed E-state index contributed by atoms with van der Waals surface area (Å²) in [5.74, 6) is -0.621. The summed E-state index contributed by atoms with van der Waals surface area (Å²) in [5.41, 5.74) is 1.04. The summed E-state index contributed by atoms with van der Waals surface area (Å²) in [5, 5.41) is 6.04. The normalized spacial score (nSPS) is 11.9. The zero-order valence-electron chi connectivity index (χ0n) is 11.1. The van der Waals surface area contributed by atoms with Gasteiger partial charge in [-0.2, -0.15) is 0 Å². The number of benzene rings is 1. The predicted octanol–water partition coefficient (Wildman–Crippen LogP) is 1.75. The predicted molar refractivity (Wildman–Crippen MR) is 77.7 cm³/mol. The molecular weight excluding hydrogens is 278 g/mol. The molecule has 1 aromatic carbocycles. The van der Waals surface area contributed by atoms with Gasteiger partial charge in [0.15, 0.2) is 0 Å². The Morgan fingerprint density at radius 3 is 2.70 bits per heavy atom. The Morgan fingerprint density at radius 1 is 1.30 bits per heavy atom. The number of carbonyl (C=O) groups is 2. The monoisotopic (exact) mass is 291 g/mol. The van der Waals surface area contributed by atoms with Gasteiger partial charge in [-0.25, -0.2) is 4.98 Å². The fourth-order valence-electron chi connectivity index (χ4n) is 1.89. The van der Waals surface area contributed by atoms with Crippen LogP contribution in [-0.2, 0) is 4.79 Å². The van der Waals surface area contributed by atoms with Crippen LogP contribution >= 0.6 is 11.6 Å². The number of carbonyl (C=O) groups excluding carboxylic acids is 2. The number of hydrogen-bond donors (Lipinski definition) is 2. The fraction of sp³-hybridized carbons (Fsp3) is 0.214. The first-order valence-electron chi connectivity index (χ1n) is 6.10. The Morgan fingerprint density at radius 2 is 2.00 bits per heavy atom. The molecule has 0 saturated heterocycles. The number of pyridine rings is 1. The van der Waals surface area contributed by atoms with Gasteiger partial charge < -0.3 is 10.6 Å². The maximum atomic E-state index is 12.3. The number of nitrogens with zero attached hydrogens (tertiary/aromatic N) is 1. The third kappa shape index (κ3) is 2.88. The minimum absolute atomic E-state index is 0.237. The first-order valence-corrected chi connectivity index (χ1v) is 6.48. The third-order valence-electron chi connectivity index (χ3n) is 2.92. The molecule has 5 nitrogen and oxygen atoms in total. The molecular formula is C14H14ClN3O2. The van der Waals surface area contributed by atoms with Crippen molar-refractivity contribution < 1.29 is 9.59 Å². The lowest BCUT2D eigenvalue weighted by molar-refractivity contribution is -0.122. The summed E-state index contributed by atoms with van der Waals surface area (Å²) in [4.78, 5) is 27.9. The molecule has 2 amide bonds. The van der Waals surface area contributed by atoms with Crippen molar-refractivity contribution in [1.82, 2.24) is 15.6 Å². The van der Waals surface area contributed by atoms with Gasteiger partial charge in [0.05, 0.1) is 11.1 Å². The van der Waals surface area contributed by atoms with Crippen LogP contribution in [0.3, 0.4) is 0 Å². The first-order chi connectivity index (χ1) is 9.52. The molecule has 0 fully saturated rings. The zero-order chi connectivity index (χ0) is 14.7. The standard InChI is InChI=1S/C14H14ClN3O2/c1-8(13(19)16-2)17-14(20)10-7-12(15)18-11-6-4-3-5-9(10)11/h3-8H,1-2H3,(H,16,19)(H,17,20). The van der Waals surface area contributed by atoms with Gasteiger partial charge in [0.2, 0.25) is 5.91 Å². The van der Waals surface area contributed by atoms with E-state index in [1.54, 1.807) is 19.1 Å². The highest BCUT2D eigenvalue weighted by Crippen LogP contribution is 2.20. The molecule has 6 heteroatoms. The Labute approximate surface area is 121 Å². The van der Waals surface area contributed by atoms with Gasteiger partial charge in [-0.1, -0.05) is 29.8 Å². The average Bonchev–Trinajstić information content (AvgIpc) is 2.45. The molecule has 0 spiro atoms. The van der Waals surface area contributed by atoms with Crippen molar-refractivity contribution in [3.8, 4) is 0 Å². The average molecular weight is 292 g/mol. The summed E-state index contributed by atoms with van der Waals surface area (Å²) in [6.45, 7) is 1.61. The minimum Gasteiger partial charge on any atom is -0.357 e. The summed E-state index contributed by atoms with van der Waals surface area (Å²) < 4.78 is 0. The Bertz CT molecular complexity index is 673. The van der Waals surface area contributed by atoms with E-state index >= 15 is 0 Å². The van der Waals surface area contributed by atoms with Crippen LogP contribution in [0.25, 0.3) is 10.9 Å². The SMILES string of the molecule is CNC(=O)C(C)NC(=O)c1cc(Cl)nc2ccccc12. The maximum absolute atomic E-state index is 12.3. The molecule has 1 aromatic heterocycles. The van der Waals surface area contributed by atoms with E-state index < -0.39 is 6.04 Å². The molecule has 0 saturated carbocycles. The molecule has 20 heavy (non-hydrogen) atoms. The highest BCUT2D eigenvalue weighted by Gasteiger charge is 2.17. The van der Waals surface area contributed by atoms with Crippen molar-refractivity contribution in [2.75, 3.05) is 7.05 Å². The van der Waals surface area contributed by atoms with Gasteiger partial charge in [-0.15, -0.1) is 0 Å². The van der Waals surface area contributed by atoms with E-state index in [1.165, 1.54) is 13.1 Å². The van der Waals surface area contributed by atoms with E-state index in [2.05, 4.69) is 15.6 Å². The number of hydrogen-bond acceptors (Lipinski definition) is 3. The van der Waals surface area contributed by atoms with E-state index in [9.17, 15) is 9.59 Å². The van der Waals surface area contributed by atoms with Gasteiger partial charge in [0, 0.05) is 12.4 Å². The third-order valence-corrected chi connectivity index (χ3v) is 3.11. The van der Waals surface area contributed by atoms with Crippen LogP contribution in [0.1, 0.15) is 17.3 Å². The van der Waals surface area contributed by atoms with Crippen LogP contribution in [0, 0.1) is 0 Å². The molecule has 104 valence electrons. The quantitative estimate of drug-likeness (QED) is 0.847. The van der Waals surface area contributed by atoms with E-state index in [0.29, 0.717) is 16.5 Å². The Kier molecular flexibility index (Phi) is 4.20. The van der Waals surface area contributed by atoms with E-state index in [4.69, 9.17) is 11.6 Å². The number of amides is 2. The second kappa shape index (κ2) is 5.88. The number of likely N-dealkylation sites (N-methyl/N-ethyl adjacent to an activating group) is 1. The van der Waals surface area contributed by atoms with E-state index in [1.807, 2.05) is 12.1 Å². The summed E-state index contributed by atoms with van der Waals surface area (Å²) in [7, 11) is 1.52. The lowest BCUT2D eigenvalue weighted by Crippen LogP contribution is -2.43. The van der Waals surface area contributed by atoms with Crippen molar-refractivity contribution in [2.24, 2.45) is 0 Å². The summed E-state index contributed by atoms with van der Waals surface area (Å²) in [6.07, 6.45) is 0. The van der Waals surface area contributed by atoms with Crippen LogP contribution in [0.15, 0.2) is 30.3 Å². The zero-order valence-corrected chi connectivity index (χ0v) is 11.9. The molecule has 0 aliphatic rings. The summed E-state index contributed by atoms with van der Waals surface area (Å²) in [6, 6.07) is 8.07. The van der Waals surface area contributed by atoms with Gasteiger partial charge >= 0.3 is 0 Å². The number of rotatable bonds is 3. The molecule has 0 radical (unpaired) electrons. The lowest BCUT2D eigenvalue weighted by atomic mass is 10.1. The molecule has 0 aliphatic heterocycles. The Balaban J connectivity index is 2.37. The van der Waals surface area contributed by atoms with Crippen LogP contribution in [-0.4, -0.2) is 29.9 Å². The van der Waals surface area contributed by atoms with Crippen molar-refractivity contribution >= 4 is 34.3 Å². The second-order valence-electron chi connectivity index (χ2n) is 4.32. The highest BCUT2D eigenvalue weighted by atomic mass is 35.5. The highest BCUT2D eigenvalue weighted by molar-refractivity contribution is 6.30. The van der Waals surface area contributed by atoms with E-state index in [-0.39, 0.29) is 17.0 Å². The number of para-hydroxylation sites is 1. The van der Waals surface area contributed by atoms with Crippen LogP contribution < -0.4 is 10.6 Å². The molecule has 2 N–H and O–H groups in total. The first kappa shape index (κ1) is 14.3. The molecule has 2 aromatic rings. The van der Waals surface area contributed by atoms with Gasteiger partial charge in [0.25, 0.3) is 5.91 Å². The molecule has 2 rings (SSSR count). The van der Waals surface area contributed by atoms with Crippen molar-refractivity contribution in [3.05, 3.63) is 41.0 Å². The topological polar surface area (TPSA) is 71.1 Å². The Hall–Kier alpha value is -2.14. The largest absolute Gasteiger partial charge is 0.357 e. The van der Waals surface area contributed by atoms with Crippen LogP contribution in [0.5, 0.6) is 0 Å². The lowest BCUT2D eigenvalue weighted by Gasteiger charge is -2.13. The summed E-state index contributed by atoms with van der Waals surface area (Å²) >= 11 is 5.92. The van der Waals surface area contributed by atoms with Gasteiger partial charge in [0.1, 0.15) is 11.2 Å².